The van der Waals surface area contributed by atoms with Gasteiger partial charge in [0, 0.05) is 54.7 Å². The maximum Gasteiger partial charge on any atom is 0.257 e. The van der Waals surface area contributed by atoms with Crippen LogP contribution in [0.25, 0.3) is 10.2 Å². The van der Waals surface area contributed by atoms with E-state index in [4.69, 9.17) is 11.6 Å². The number of benzene rings is 1. The number of aliphatic hydroxyl groups is 1. The van der Waals surface area contributed by atoms with Crippen LogP contribution in [0.1, 0.15) is 45.9 Å². The van der Waals surface area contributed by atoms with Crippen LogP contribution in [0.3, 0.4) is 0 Å². The number of pyridine rings is 1. The molecule has 3 aromatic heterocycles. The Hall–Kier alpha value is -3.11. The first-order valence-electron chi connectivity index (χ1n) is 11.7. The van der Waals surface area contributed by atoms with Crippen LogP contribution in [-0.2, 0) is 19.6 Å². The van der Waals surface area contributed by atoms with Crippen LogP contribution in [0.4, 0.5) is 0 Å². The zero-order chi connectivity index (χ0) is 25.7. The van der Waals surface area contributed by atoms with Crippen molar-refractivity contribution in [2.45, 2.75) is 39.1 Å². The molecule has 0 radical (unpaired) electrons. The summed E-state index contributed by atoms with van der Waals surface area (Å²) in [5.74, 6) is -0.404. The summed E-state index contributed by atoms with van der Waals surface area (Å²) in [5.41, 5.74) is 1.25. The lowest BCUT2D eigenvalue weighted by atomic mass is 10.1. The third-order valence-electron chi connectivity index (χ3n) is 5.71. The molecule has 0 bridgehead atoms. The average molecular weight is 526 g/mol. The van der Waals surface area contributed by atoms with Gasteiger partial charge in [0.2, 0.25) is 5.43 Å². The molecular weight excluding hydrogens is 498 g/mol. The van der Waals surface area contributed by atoms with Crippen LogP contribution < -0.4 is 10.7 Å². The Morgan fingerprint density at radius 1 is 1.28 bits per heavy atom. The van der Waals surface area contributed by atoms with Gasteiger partial charge in [0.15, 0.2) is 0 Å². The highest BCUT2D eigenvalue weighted by Gasteiger charge is 2.19. The monoisotopic (exact) mass is 525 g/mol. The zero-order valence-corrected chi connectivity index (χ0v) is 21.7. The van der Waals surface area contributed by atoms with Gasteiger partial charge in [0.05, 0.1) is 17.3 Å². The Labute approximate surface area is 218 Å². The molecule has 0 aliphatic carbocycles. The number of rotatable bonds is 10. The number of halogens is 1. The van der Waals surface area contributed by atoms with Crippen molar-refractivity contribution in [3.05, 3.63) is 92.1 Å². The van der Waals surface area contributed by atoms with Crippen molar-refractivity contribution in [1.29, 1.82) is 0 Å². The molecule has 2 N–H and O–H groups in total. The number of hydrogen-bond acceptors (Lipinski definition) is 7. The fourth-order valence-corrected chi connectivity index (χ4v) is 5.31. The Balaban J connectivity index is 1.54. The van der Waals surface area contributed by atoms with Gasteiger partial charge >= 0.3 is 0 Å². The minimum Gasteiger partial charge on any atom is -0.385 e. The quantitative estimate of drug-likeness (QED) is 0.324. The highest BCUT2D eigenvalue weighted by Crippen LogP contribution is 2.26. The highest BCUT2D eigenvalue weighted by atomic mass is 35.5. The number of carbonyl (C=O) groups is 1. The molecule has 10 heteroatoms. The number of likely N-dealkylation sites (N-methyl/N-ethyl adjacent to an activating group) is 1. The summed E-state index contributed by atoms with van der Waals surface area (Å²) in [7, 11) is 1.90. The number of aromatic nitrogens is 3. The van der Waals surface area contributed by atoms with E-state index in [1.54, 1.807) is 36.9 Å². The van der Waals surface area contributed by atoms with E-state index in [0.29, 0.717) is 42.3 Å². The summed E-state index contributed by atoms with van der Waals surface area (Å²) in [4.78, 5) is 38.2. The fraction of sp³-hybridized carbons (Fsp3) is 0.308. The molecule has 1 unspecified atom stereocenters. The van der Waals surface area contributed by atoms with Crippen molar-refractivity contribution in [2.75, 3.05) is 13.6 Å². The predicted octanol–water partition coefficient (Wildman–Crippen LogP) is 4.01. The number of hydrogen-bond donors (Lipinski definition) is 2. The number of carbonyl (C=O) groups excluding carboxylic acids is 1. The molecule has 4 aromatic rings. The number of nitrogens with one attached hydrogen (secondary N) is 1. The SMILES string of the molecule is CCCn1cc(C(=O)NCc2ccc(Cl)cc2)c(=O)c2cc(CN(C)CC(O)c3cnccn3)sc21. The maximum atomic E-state index is 13.3. The topological polar surface area (TPSA) is 100 Å². The number of aryl methyl sites for hydroxylation is 1. The summed E-state index contributed by atoms with van der Waals surface area (Å²) in [6.07, 6.45) is 6.42. The zero-order valence-electron chi connectivity index (χ0n) is 20.1. The van der Waals surface area contributed by atoms with Gasteiger partial charge in [-0.1, -0.05) is 30.7 Å². The first-order chi connectivity index (χ1) is 17.4. The average Bonchev–Trinajstić information content (AvgIpc) is 3.30. The summed E-state index contributed by atoms with van der Waals surface area (Å²) < 4.78 is 1.98. The Morgan fingerprint density at radius 2 is 2.06 bits per heavy atom. The van der Waals surface area contributed by atoms with Crippen molar-refractivity contribution in [3.63, 3.8) is 0 Å². The summed E-state index contributed by atoms with van der Waals surface area (Å²) in [5, 5.41) is 14.5. The molecule has 1 aromatic carbocycles. The standard InChI is InChI=1S/C26H28ClN5O3S/c1-3-10-32-15-21(25(35)30-12-17-4-6-18(27)7-5-17)24(34)20-11-19(36-26(20)32)14-31(2)16-23(33)22-13-28-8-9-29-22/h4-9,11,13,15,23,33H,3,10,12,14,16H2,1-2H3,(H,30,35). The molecular formula is C26H28ClN5O3S. The molecule has 3 heterocycles. The fourth-order valence-electron chi connectivity index (χ4n) is 3.95. The highest BCUT2D eigenvalue weighted by molar-refractivity contribution is 7.18. The first kappa shape index (κ1) is 26.0. The molecule has 36 heavy (non-hydrogen) atoms. The van der Waals surface area contributed by atoms with Crippen LogP contribution in [0.5, 0.6) is 0 Å². The van der Waals surface area contributed by atoms with E-state index in [1.165, 1.54) is 11.3 Å². The van der Waals surface area contributed by atoms with Crippen LogP contribution >= 0.6 is 22.9 Å². The van der Waals surface area contributed by atoms with Crippen molar-refractivity contribution in [3.8, 4) is 0 Å². The van der Waals surface area contributed by atoms with Gasteiger partial charge in [-0.3, -0.25) is 24.5 Å². The van der Waals surface area contributed by atoms with Gasteiger partial charge in [0.1, 0.15) is 16.5 Å². The Kier molecular flexibility index (Phi) is 8.48. The number of aliphatic hydroxyl groups excluding tert-OH is 1. The third kappa shape index (κ3) is 6.17. The molecule has 1 atom stereocenters. The Morgan fingerprint density at radius 3 is 2.75 bits per heavy atom. The van der Waals surface area contributed by atoms with Crippen LogP contribution in [-0.4, -0.2) is 44.0 Å². The molecule has 0 saturated heterocycles. The Bertz CT molecular complexity index is 1390. The van der Waals surface area contributed by atoms with Crippen LogP contribution in [0, 0.1) is 0 Å². The number of thiophene rings is 1. The van der Waals surface area contributed by atoms with Gasteiger partial charge in [0.25, 0.3) is 5.91 Å². The largest absolute Gasteiger partial charge is 0.385 e. The van der Waals surface area contributed by atoms with E-state index in [1.807, 2.05) is 34.7 Å². The molecule has 188 valence electrons. The molecule has 8 nitrogen and oxygen atoms in total. The lowest BCUT2D eigenvalue weighted by molar-refractivity contribution is 0.0949. The van der Waals surface area contributed by atoms with Crippen molar-refractivity contribution in [1.82, 2.24) is 24.8 Å². The van der Waals surface area contributed by atoms with Crippen molar-refractivity contribution >= 4 is 39.1 Å². The van der Waals surface area contributed by atoms with Crippen molar-refractivity contribution < 1.29 is 9.90 Å². The van der Waals surface area contributed by atoms with Gasteiger partial charge in [-0.05, 0) is 37.2 Å². The molecule has 1 amide bonds. The predicted molar refractivity (Wildman–Crippen MR) is 142 cm³/mol. The van der Waals surface area contributed by atoms with Crippen molar-refractivity contribution in [2.24, 2.45) is 0 Å². The second-order valence-corrected chi connectivity index (χ2v) is 10.2. The second-order valence-electron chi connectivity index (χ2n) is 8.65. The van der Waals surface area contributed by atoms with E-state index < -0.39 is 12.0 Å². The van der Waals surface area contributed by atoms with E-state index in [0.717, 1.165) is 21.7 Å². The third-order valence-corrected chi connectivity index (χ3v) is 7.12. The molecule has 0 aliphatic heterocycles. The normalized spacial score (nSPS) is 12.2. The first-order valence-corrected chi connectivity index (χ1v) is 12.9. The van der Waals surface area contributed by atoms with E-state index >= 15 is 0 Å². The molecule has 0 fully saturated rings. The van der Waals surface area contributed by atoms with Crippen LogP contribution in [0.2, 0.25) is 5.02 Å². The van der Waals surface area contributed by atoms with E-state index in [2.05, 4.69) is 22.2 Å². The van der Waals surface area contributed by atoms with E-state index in [9.17, 15) is 14.7 Å². The number of fused-ring (bicyclic) bond motifs is 1. The lowest BCUT2D eigenvalue weighted by Crippen LogP contribution is -2.29. The molecule has 0 aliphatic rings. The minimum atomic E-state index is -0.769. The van der Waals surface area contributed by atoms with Gasteiger partial charge in [-0.15, -0.1) is 11.3 Å². The van der Waals surface area contributed by atoms with Crippen LogP contribution in [0.15, 0.2) is 59.9 Å². The summed E-state index contributed by atoms with van der Waals surface area (Å²) in [6, 6.07) is 9.06. The minimum absolute atomic E-state index is 0.126. The van der Waals surface area contributed by atoms with Gasteiger partial charge in [-0.2, -0.15) is 0 Å². The smallest absolute Gasteiger partial charge is 0.257 e. The summed E-state index contributed by atoms with van der Waals surface area (Å²) in [6.45, 7) is 3.95. The molecule has 4 rings (SSSR count). The van der Waals surface area contributed by atoms with Gasteiger partial charge in [-0.25, -0.2) is 0 Å². The maximum absolute atomic E-state index is 13.3. The lowest BCUT2D eigenvalue weighted by Gasteiger charge is -2.19. The number of amides is 1. The molecule has 0 spiro atoms. The molecule has 0 saturated carbocycles. The summed E-state index contributed by atoms with van der Waals surface area (Å²) >= 11 is 7.46. The van der Waals surface area contributed by atoms with E-state index in [-0.39, 0.29) is 11.0 Å². The second kappa shape index (κ2) is 11.7. The van der Waals surface area contributed by atoms with Gasteiger partial charge < -0.3 is 15.0 Å². The number of nitrogens with zero attached hydrogens (tertiary/aromatic N) is 4.